The summed E-state index contributed by atoms with van der Waals surface area (Å²) in [6.45, 7) is 2.05. The second kappa shape index (κ2) is 4.78. The van der Waals surface area contributed by atoms with Crippen molar-refractivity contribution in [2.75, 3.05) is 7.05 Å². The van der Waals surface area contributed by atoms with E-state index in [1.807, 2.05) is 0 Å². The summed E-state index contributed by atoms with van der Waals surface area (Å²) in [7, 11) is 1.50. The van der Waals surface area contributed by atoms with Crippen molar-refractivity contribution in [3.8, 4) is 0 Å². The molecule has 0 saturated heterocycles. The summed E-state index contributed by atoms with van der Waals surface area (Å²) in [5.74, 6) is -0.269. The molecule has 0 bridgehead atoms. The molecule has 0 aromatic rings. The summed E-state index contributed by atoms with van der Waals surface area (Å²) in [6.07, 6.45) is -0.138. The van der Waals surface area contributed by atoms with Crippen molar-refractivity contribution in [3.63, 3.8) is 0 Å². The van der Waals surface area contributed by atoms with Gasteiger partial charge in [-0.2, -0.15) is 0 Å². The molecule has 1 atom stereocenters. The summed E-state index contributed by atoms with van der Waals surface area (Å²) < 4.78 is 4.45. The second-order valence-corrected chi connectivity index (χ2v) is 1.74. The van der Waals surface area contributed by atoms with Crippen LogP contribution >= 0.6 is 0 Å². The maximum Gasteiger partial charge on any atom is 0.293 e. The first-order chi connectivity index (χ1) is 4.76. The van der Waals surface area contributed by atoms with Crippen molar-refractivity contribution in [1.82, 2.24) is 5.32 Å². The van der Waals surface area contributed by atoms with E-state index in [2.05, 4.69) is 10.1 Å². The zero-order valence-corrected chi connectivity index (χ0v) is 6.09. The molecule has 0 aromatic heterocycles. The van der Waals surface area contributed by atoms with Gasteiger partial charge in [-0.1, -0.05) is 6.92 Å². The standard InChI is InChI=1S/C6H11NO3/c1-3-5(10-4-8)6(9)7-2/h4-5H,3H2,1-2H3,(H,7,9). The predicted octanol–water partition coefficient (Wildman–Crippen LogP) is -0.316. The maximum atomic E-state index is 10.7. The van der Waals surface area contributed by atoms with Gasteiger partial charge in [-0.3, -0.25) is 9.59 Å². The van der Waals surface area contributed by atoms with E-state index in [-0.39, 0.29) is 12.4 Å². The first-order valence-electron chi connectivity index (χ1n) is 3.07. The summed E-state index contributed by atoms with van der Waals surface area (Å²) in [5, 5.41) is 2.38. The Morgan fingerprint density at radius 2 is 2.40 bits per heavy atom. The molecule has 0 aliphatic rings. The topological polar surface area (TPSA) is 55.4 Å². The number of hydrogen-bond donors (Lipinski definition) is 1. The molecule has 0 rings (SSSR count). The van der Waals surface area contributed by atoms with Crippen molar-refractivity contribution in [2.24, 2.45) is 0 Å². The number of rotatable bonds is 4. The number of amides is 1. The van der Waals surface area contributed by atoms with Gasteiger partial charge in [0.25, 0.3) is 12.4 Å². The smallest absolute Gasteiger partial charge is 0.293 e. The van der Waals surface area contributed by atoms with Gasteiger partial charge in [0, 0.05) is 7.05 Å². The van der Waals surface area contributed by atoms with Crippen LogP contribution in [0.3, 0.4) is 0 Å². The van der Waals surface area contributed by atoms with Crippen LogP contribution in [0.5, 0.6) is 0 Å². The monoisotopic (exact) mass is 145 g/mol. The Kier molecular flexibility index (Phi) is 4.28. The second-order valence-electron chi connectivity index (χ2n) is 1.74. The van der Waals surface area contributed by atoms with E-state index in [1.165, 1.54) is 7.05 Å². The van der Waals surface area contributed by atoms with Gasteiger partial charge in [-0.05, 0) is 6.42 Å². The molecule has 0 saturated carbocycles. The Morgan fingerprint density at radius 3 is 2.70 bits per heavy atom. The van der Waals surface area contributed by atoms with Crippen molar-refractivity contribution in [1.29, 1.82) is 0 Å². The minimum Gasteiger partial charge on any atom is -0.454 e. The Morgan fingerprint density at radius 1 is 1.80 bits per heavy atom. The van der Waals surface area contributed by atoms with Gasteiger partial charge in [0.15, 0.2) is 6.10 Å². The highest BCUT2D eigenvalue weighted by Crippen LogP contribution is 1.94. The Bertz CT molecular complexity index is 124. The van der Waals surface area contributed by atoms with E-state index < -0.39 is 6.10 Å². The average Bonchev–Trinajstić information content (AvgIpc) is 1.99. The minimum atomic E-state index is -0.637. The molecule has 0 radical (unpaired) electrons. The molecular weight excluding hydrogens is 134 g/mol. The highest BCUT2D eigenvalue weighted by atomic mass is 16.5. The van der Waals surface area contributed by atoms with E-state index >= 15 is 0 Å². The Labute approximate surface area is 59.6 Å². The van der Waals surface area contributed by atoms with Crippen LogP contribution in [0.15, 0.2) is 0 Å². The van der Waals surface area contributed by atoms with Crippen molar-refractivity contribution >= 4 is 12.4 Å². The third-order valence-electron chi connectivity index (χ3n) is 1.13. The SMILES string of the molecule is CCC(OC=O)C(=O)NC. The Balaban J connectivity index is 3.79. The third kappa shape index (κ3) is 2.48. The maximum absolute atomic E-state index is 10.7. The number of carbonyl (C=O) groups is 2. The minimum absolute atomic E-state index is 0.269. The Hall–Kier alpha value is -1.06. The van der Waals surface area contributed by atoms with Crippen molar-refractivity contribution < 1.29 is 14.3 Å². The van der Waals surface area contributed by atoms with Crippen LogP contribution in [-0.4, -0.2) is 25.5 Å². The molecule has 0 aliphatic heterocycles. The van der Waals surface area contributed by atoms with Crippen LogP contribution < -0.4 is 5.32 Å². The largest absolute Gasteiger partial charge is 0.454 e. The summed E-state index contributed by atoms with van der Waals surface area (Å²) >= 11 is 0. The highest BCUT2D eigenvalue weighted by Gasteiger charge is 2.14. The van der Waals surface area contributed by atoms with Gasteiger partial charge in [-0.15, -0.1) is 0 Å². The lowest BCUT2D eigenvalue weighted by atomic mass is 10.2. The number of nitrogens with one attached hydrogen (secondary N) is 1. The lowest BCUT2D eigenvalue weighted by Gasteiger charge is -2.09. The van der Waals surface area contributed by atoms with E-state index in [4.69, 9.17) is 0 Å². The molecule has 4 nitrogen and oxygen atoms in total. The zero-order valence-electron chi connectivity index (χ0n) is 6.09. The molecule has 0 aromatic carbocycles. The van der Waals surface area contributed by atoms with E-state index in [0.717, 1.165) is 0 Å². The van der Waals surface area contributed by atoms with E-state index in [0.29, 0.717) is 6.42 Å². The summed E-state index contributed by atoms with van der Waals surface area (Å²) in [4.78, 5) is 20.5. The molecular formula is C6H11NO3. The fourth-order valence-electron chi connectivity index (χ4n) is 0.571. The third-order valence-corrected chi connectivity index (χ3v) is 1.13. The van der Waals surface area contributed by atoms with E-state index in [1.54, 1.807) is 6.92 Å². The molecule has 1 amide bonds. The van der Waals surface area contributed by atoms with Crippen LogP contribution in [0.2, 0.25) is 0 Å². The van der Waals surface area contributed by atoms with Crippen LogP contribution in [0.25, 0.3) is 0 Å². The van der Waals surface area contributed by atoms with Crippen LogP contribution in [0.1, 0.15) is 13.3 Å². The molecule has 10 heavy (non-hydrogen) atoms. The number of carbonyl (C=O) groups excluding carboxylic acids is 2. The molecule has 0 fully saturated rings. The first-order valence-corrected chi connectivity index (χ1v) is 3.07. The van der Waals surface area contributed by atoms with Crippen LogP contribution in [0.4, 0.5) is 0 Å². The van der Waals surface area contributed by atoms with Gasteiger partial charge < -0.3 is 10.1 Å². The van der Waals surface area contributed by atoms with Crippen LogP contribution in [0, 0.1) is 0 Å². The van der Waals surface area contributed by atoms with Gasteiger partial charge in [0.1, 0.15) is 0 Å². The van der Waals surface area contributed by atoms with Crippen molar-refractivity contribution in [2.45, 2.75) is 19.4 Å². The van der Waals surface area contributed by atoms with E-state index in [9.17, 15) is 9.59 Å². The van der Waals surface area contributed by atoms with Gasteiger partial charge in [-0.25, -0.2) is 0 Å². The number of likely N-dealkylation sites (N-methyl/N-ethyl adjacent to an activating group) is 1. The van der Waals surface area contributed by atoms with Gasteiger partial charge in [0.05, 0.1) is 0 Å². The summed E-state index contributed by atoms with van der Waals surface area (Å²) in [5.41, 5.74) is 0. The molecule has 58 valence electrons. The fourth-order valence-corrected chi connectivity index (χ4v) is 0.571. The molecule has 0 aliphatic carbocycles. The van der Waals surface area contributed by atoms with Crippen molar-refractivity contribution in [3.05, 3.63) is 0 Å². The molecule has 0 spiro atoms. The van der Waals surface area contributed by atoms with Gasteiger partial charge in [0.2, 0.25) is 0 Å². The molecule has 1 N–H and O–H groups in total. The number of hydrogen-bond acceptors (Lipinski definition) is 3. The average molecular weight is 145 g/mol. The summed E-state index contributed by atoms with van der Waals surface area (Å²) in [6, 6.07) is 0. The molecule has 4 heteroatoms. The van der Waals surface area contributed by atoms with Crippen LogP contribution in [-0.2, 0) is 14.3 Å². The zero-order chi connectivity index (χ0) is 7.98. The highest BCUT2D eigenvalue weighted by molar-refractivity contribution is 5.81. The predicted molar refractivity (Wildman–Crippen MR) is 35.3 cm³/mol. The number of ether oxygens (including phenoxy) is 1. The molecule has 0 heterocycles. The lowest BCUT2D eigenvalue weighted by molar-refractivity contribution is -0.144. The quantitative estimate of drug-likeness (QED) is 0.552. The lowest BCUT2D eigenvalue weighted by Crippen LogP contribution is -2.33. The fraction of sp³-hybridized carbons (Fsp3) is 0.667. The normalized spacial score (nSPS) is 11.8. The van der Waals surface area contributed by atoms with Gasteiger partial charge >= 0.3 is 0 Å². The first kappa shape index (κ1) is 8.94. The molecule has 1 unspecified atom stereocenters.